The molecule has 0 bridgehead atoms. The summed E-state index contributed by atoms with van der Waals surface area (Å²) < 4.78 is 5.38. The number of hydrogen-bond acceptors (Lipinski definition) is 8. The summed E-state index contributed by atoms with van der Waals surface area (Å²) in [5.41, 5.74) is 0. The van der Waals surface area contributed by atoms with Crippen molar-refractivity contribution >= 4 is 23.2 Å². The number of rotatable bonds is 8. The van der Waals surface area contributed by atoms with Crippen LogP contribution in [0.3, 0.4) is 0 Å². The standard InChI is InChI=1S/C13H20N6OS/c1-4-9(10-15-7-8-21-10)16-12-17-11(14-5-2)18-13(19-12)20-6-3/h7-9H,4-6H2,1-3H3,(H2,14,16,17,18,19). The van der Waals surface area contributed by atoms with Gasteiger partial charge >= 0.3 is 6.01 Å². The molecule has 0 aliphatic heterocycles. The minimum atomic E-state index is 0.0800. The average Bonchev–Trinajstić information content (AvgIpc) is 2.99. The summed E-state index contributed by atoms with van der Waals surface area (Å²) >= 11 is 1.61. The van der Waals surface area contributed by atoms with Gasteiger partial charge in [0.2, 0.25) is 11.9 Å². The number of ether oxygens (including phenoxy) is 1. The van der Waals surface area contributed by atoms with Crippen LogP contribution in [-0.2, 0) is 0 Å². The molecule has 1 atom stereocenters. The molecule has 114 valence electrons. The molecule has 0 amide bonds. The van der Waals surface area contributed by atoms with Gasteiger partial charge in [0.1, 0.15) is 5.01 Å². The fourth-order valence-corrected chi connectivity index (χ4v) is 2.53. The lowest BCUT2D eigenvalue weighted by molar-refractivity contribution is 0.312. The van der Waals surface area contributed by atoms with E-state index in [0.717, 1.165) is 18.0 Å². The Bertz CT molecular complexity index is 523. The maximum Gasteiger partial charge on any atom is 0.323 e. The number of nitrogens with zero attached hydrogens (tertiary/aromatic N) is 4. The van der Waals surface area contributed by atoms with E-state index in [1.54, 1.807) is 17.5 Å². The summed E-state index contributed by atoms with van der Waals surface area (Å²) in [5.74, 6) is 0.999. The van der Waals surface area contributed by atoms with Crippen molar-refractivity contribution in [3.8, 4) is 6.01 Å². The zero-order chi connectivity index (χ0) is 15.1. The van der Waals surface area contributed by atoms with Crippen molar-refractivity contribution in [1.29, 1.82) is 0 Å². The zero-order valence-electron chi connectivity index (χ0n) is 12.5. The Kier molecular flexibility index (Phi) is 5.68. The first-order chi connectivity index (χ1) is 10.3. The molecule has 0 aliphatic carbocycles. The monoisotopic (exact) mass is 308 g/mol. The summed E-state index contributed by atoms with van der Waals surface area (Å²) in [6.07, 6.45) is 2.69. The largest absolute Gasteiger partial charge is 0.464 e. The smallest absolute Gasteiger partial charge is 0.323 e. The van der Waals surface area contributed by atoms with E-state index in [9.17, 15) is 0 Å². The van der Waals surface area contributed by atoms with E-state index in [0.29, 0.717) is 24.5 Å². The lowest BCUT2D eigenvalue weighted by Crippen LogP contribution is -2.14. The molecule has 21 heavy (non-hydrogen) atoms. The van der Waals surface area contributed by atoms with Crippen molar-refractivity contribution in [2.24, 2.45) is 0 Å². The number of nitrogens with one attached hydrogen (secondary N) is 2. The highest BCUT2D eigenvalue weighted by atomic mass is 32.1. The third kappa shape index (κ3) is 4.25. The van der Waals surface area contributed by atoms with Gasteiger partial charge in [-0.05, 0) is 20.3 Å². The van der Waals surface area contributed by atoms with Crippen molar-refractivity contribution < 1.29 is 4.74 Å². The van der Waals surface area contributed by atoms with Crippen molar-refractivity contribution in [3.05, 3.63) is 16.6 Å². The number of hydrogen-bond donors (Lipinski definition) is 2. The van der Waals surface area contributed by atoms with Gasteiger partial charge in [-0.15, -0.1) is 11.3 Å². The maximum absolute atomic E-state index is 5.38. The first-order valence-electron chi connectivity index (χ1n) is 7.05. The lowest BCUT2D eigenvalue weighted by Gasteiger charge is -2.15. The van der Waals surface area contributed by atoms with E-state index < -0.39 is 0 Å². The Balaban J connectivity index is 2.20. The van der Waals surface area contributed by atoms with Crippen molar-refractivity contribution in [3.63, 3.8) is 0 Å². The highest BCUT2D eigenvalue weighted by molar-refractivity contribution is 7.09. The molecule has 0 saturated heterocycles. The predicted molar refractivity (Wildman–Crippen MR) is 83.9 cm³/mol. The molecule has 2 heterocycles. The summed E-state index contributed by atoms with van der Waals surface area (Å²) in [6, 6.07) is 0.399. The fraction of sp³-hybridized carbons (Fsp3) is 0.538. The molecule has 2 rings (SSSR count). The first-order valence-corrected chi connectivity index (χ1v) is 7.93. The third-order valence-corrected chi connectivity index (χ3v) is 3.57. The minimum absolute atomic E-state index is 0.0800. The van der Waals surface area contributed by atoms with Crippen LogP contribution in [-0.4, -0.2) is 33.1 Å². The van der Waals surface area contributed by atoms with Crippen LogP contribution in [0.25, 0.3) is 0 Å². The van der Waals surface area contributed by atoms with Crippen LogP contribution in [0.5, 0.6) is 6.01 Å². The Labute approximate surface area is 128 Å². The van der Waals surface area contributed by atoms with E-state index in [1.807, 2.05) is 19.2 Å². The third-order valence-electron chi connectivity index (χ3n) is 2.68. The van der Waals surface area contributed by atoms with Crippen LogP contribution in [0.1, 0.15) is 38.2 Å². The predicted octanol–water partition coefficient (Wildman–Crippen LogP) is 2.72. The molecule has 1 unspecified atom stereocenters. The second-order valence-corrected chi connectivity index (χ2v) is 5.13. The van der Waals surface area contributed by atoms with Gasteiger partial charge in [-0.1, -0.05) is 6.92 Å². The van der Waals surface area contributed by atoms with Gasteiger partial charge in [-0.25, -0.2) is 4.98 Å². The fourth-order valence-electron chi connectivity index (χ4n) is 1.75. The summed E-state index contributed by atoms with van der Waals surface area (Å²) in [7, 11) is 0. The van der Waals surface area contributed by atoms with Gasteiger partial charge < -0.3 is 15.4 Å². The second-order valence-electron chi connectivity index (χ2n) is 4.20. The van der Waals surface area contributed by atoms with E-state index in [1.165, 1.54) is 0 Å². The second kappa shape index (κ2) is 7.72. The molecular formula is C13H20N6OS. The van der Waals surface area contributed by atoms with Crippen LogP contribution in [0.2, 0.25) is 0 Å². The Morgan fingerprint density at radius 3 is 2.62 bits per heavy atom. The van der Waals surface area contributed by atoms with E-state index in [2.05, 4.69) is 37.5 Å². The molecule has 7 nitrogen and oxygen atoms in total. The minimum Gasteiger partial charge on any atom is -0.464 e. The summed E-state index contributed by atoms with van der Waals surface area (Å²) in [5, 5.41) is 9.35. The number of aromatic nitrogens is 4. The summed E-state index contributed by atoms with van der Waals surface area (Å²) in [6.45, 7) is 7.22. The summed E-state index contributed by atoms with van der Waals surface area (Å²) in [4.78, 5) is 17.2. The molecule has 2 aromatic rings. The number of anilines is 2. The molecule has 0 aromatic carbocycles. The molecule has 0 aliphatic rings. The van der Waals surface area contributed by atoms with Crippen LogP contribution >= 0.6 is 11.3 Å². The SMILES string of the molecule is CCNc1nc(NC(CC)c2nccs2)nc(OCC)n1. The topological polar surface area (TPSA) is 84.9 Å². The van der Waals surface area contributed by atoms with Crippen LogP contribution in [0, 0.1) is 0 Å². The average molecular weight is 308 g/mol. The van der Waals surface area contributed by atoms with Gasteiger partial charge in [0.25, 0.3) is 0 Å². The van der Waals surface area contributed by atoms with Crippen molar-refractivity contribution in [2.45, 2.75) is 33.2 Å². The van der Waals surface area contributed by atoms with Gasteiger partial charge in [-0.3, -0.25) is 0 Å². The lowest BCUT2D eigenvalue weighted by atomic mass is 10.2. The maximum atomic E-state index is 5.38. The Hall–Kier alpha value is -1.96. The quantitative estimate of drug-likeness (QED) is 0.775. The Morgan fingerprint density at radius 1 is 1.19 bits per heavy atom. The zero-order valence-corrected chi connectivity index (χ0v) is 13.3. The number of thiazole rings is 1. The molecule has 2 N–H and O–H groups in total. The molecule has 2 aromatic heterocycles. The molecule has 0 fully saturated rings. The molecule has 8 heteroatoms. The van der Waals surface area contributed by atoms with Crippen molar-refractivity contribution in [1.82, 2.24) is 19.9 Å². The van der Waals surface area contributed by atoms with E-state index in [-0.39, 0.29) is 6.04 Å². The van der Waals surface area contributed by atoms with Crippen molar-refractivity contribution in [2.75, 3.05) is 23.8 Å². The van der Waals surface area contributed by atoms with Crippen LogP contribution < -0.4 is 15.4 Å². The first kappa shape index (κ1) is 15.4. The van der Waals surface area contributed by atoms with Crippen LogP contribution in [0.15, 0.2) is 11.6 Å². The van der Waals surface area contributed by atoms with E-state index >= 15 is 0 Å². The molecule has 0 saturated carbocycles. The molecule has 0 spiro atoms. The van der Waals surface area contributed by atoms with Gasteiger partial charge in [0.15, 0.2) is 0 Å². The normalized spacial score (nSPS) is 12.0. The van der Waals surface area contributed by atoms with Crippen LogP contribution in [0.4, 0.5) is 11.9 Å². The van der Waals surface area contributed by atoms with Gasteiger partial charge in [0, 0.05) is 18.1 Å². The highest BCUT2D eigenvalue weighted by Crippen LogP contribution is 2.23. The molecular weight excluding hydrogens is 288 g/mol. The van der Waals surface area contributed by atoms with E-state index in [4.69, 9.17) is 4.74 Å². The highest BCUT2D eigenvalue weighted by Gasteiger charge is 2.15. The molecule has 0 radical (unpaired) electrons. The van der Waals surface area contributed by atoms with Gasteiger partial charge in [0.05, 0.1) is 12.6 Å². The van der Waals surface area contributed by atoms with Gasteiger partial charge in [-0.2, -0.15) is 15.0 Å². The Morgan fingerprint density at radius 2 is 2.00 bits per heavy atom.